The summed E-state index contributed by atoms with van der Waals surface area (Å²) in [6.45, 7) is 3.65. The first kappa shape index (κ1) is 23.4. The fourth-order valence-electron chi connectivity index (χ4n) is 4.12. The molecule has 0 fully saturated rings. The maximum Gasteiger partial charge on any atom is 0.407 e. The Morgan fingerprint density at radius 1 is 1.03 bits per heavy atom. The van der Waals surface area contributed by atoms with Gasteiger partial charge < -0.3 is 20.5 Å². The van der Waals surface area contributed by atoms with Crippen molar-refractivity contribution < 1.29 is 24.2 Å². The van der Waals surface area contributed by atoms with Crippen molar-refractivity contribution >= 4 is 29.3 Å². The summed E-state index contributed by atoms with van der Waals surface area (Å²) in [6, 6.07) is 15.3. The van der Waals surface area contributed by atoms with Gasteiger partial charge in [0.25, 0.3) is 0 Å². The van der Waals surface area contributed by atoms with Gasteiger partial charge in [-0.25, -0.2) is 14.6 Å². The number of nitrogens with zero attached hydrogens (tertiary/aromatic N) is 1. The van der Waals surface area contributed by atoms with Crippen LogP contribution in [0.25, 0.3) is 11.1 Å². The summed E-state index contributed by atoms with van der Waals surface area (Å²) >= 11 is 1.17. The lowest BCUT2D eigenvalue weighted by atomic mass is 9.98. The van der Waals surface area contributed by atoms with E-state index in [1.165, 1.54) is 16.7 Å². The molecule has 2 atom stereocenters. The predicted molar refractivity (Wildman–Crippen MR) is 128 cm³/mol. The van der Waals surface area contributed by atoms with Crippen LogP contribution in [0.1, 0.15) is 58.9 Å². The van der Waals surface area contributed by atoms with E-state index in [0.717, 1.165) is 22.3 Å². The summed E-state index contributed by atoms with van der Waals surface area (Å²) in [7, 11) is 0. The molecule has 1 aromatic heterocycles. The highest BCUT2D eigenvalue weighted by Crippen LogP contribution is 2.44. The summed E-state index contributed by atoms with van der Waals surface area (Å²) in [5.41, 5.74) is 4.52. The molecule has 176 valence electrons. The lowest BCUT2D eigenvalue weighted by molar-refractivity contribution is -0.122. The number of nitrogens with one attached hydrogen (secondary N) is 2. The van der Waals surface area contributed by atoms with Gasteiger partial charge in [0, 0.05) is 23.8 Å². The van der Waals surface area contributed by atoms with Crippen LogP contribution in [0.5, 0.6) is 0 Å². The van der Waals surface area contributed by atoms with Crippen molar-refractivity contribution in [2.75, 3.05) is 6.61 Å². The molecule has 2 aromatic carbocycles. The van der Waals surface area contributed by atoms with Gasteiger partial charge in [0.15, 0.2) is 5.69 Å². The van der Waals surface area contributed by atoms with Gasteiger partial charge >= 0.3 is 12.1 Å². The van der Waals surface area contributed by atoms with E-state index in [2.05, 4.69) is 39.9 Å². The highest BCUT2D eigenvalue weighted by molar-refractivity contribution is 7.09. The number of rotatable bonds is 8. The summed E-state index contributed by atoms with van der Waals surface area (Å²) in [5.74, 6) is -1.43. The third-order valence-corrected chi connectivity index (χ3v) is 6.72. The van der Waals surface area contributed by atoms with Crippen LogP contribution < -0.4 is 10.6 Å². The maximum atomic E-state index is 12.4. The van der Waals surface area contributed by atoms with Gasteiger partial charge in [-0.3, -0.25) is 4.79 Å². The Hall–Kier alpha value is -3.72. The molecule has 0 bridgehead atoms. The monoisotopic (exact) mass is 479 g/mol. The first-order valence-corrected chi connectivity index (χ1v) is 11.8. The number of fused-ring (bicyclic) bond motifs is 3. The number of aromatic nitrogens is 1. The minimum Gasteiger partial charge on any atom is -0.476 e. The Morgan fingerprint density at radius 3 is 2.24 bits per heavy atom. The Balaban J connectivity index is 1.27. The van der Waals surface area contributed by atoms with Crippen molar-refractivity contribution in [3.8, 4) is 11.1 Å². The highest BCUT2D eigenvalue weighted by Gasteiger charge is 2.29. The van der Waals surface area contributed by atoms with E-state index >= 15 is 0 Å². The molecule has 1 aliphatic carbocycles. The van der Waals surface area contributed by atoms with Crippen molar-refractivity contribution in [1.29, 1.82) is 0 Å². The van der Waals surface area contributed by atoms with E-state index in [1.807, 2.05) is 24.3 Å². The molecule has 1 unspecified atom stereocenters. The van der Waals surface area contributed by atoms with E-state index in [4.69, 9.17) is 9.84 Å². The molecule has 0 spiro atoms. The van der Waals surface area contributed by atoms with Crippen molar-refractivity contribution in [2.24, 2.45) is 0 Å². The second-order valence-electron chi connectivity index (χ2n) is 8.24. The molecule has 0 saturated heterocycles. The Morgan fingerprint density at radius 2 is 1.65 bits per heavy atom. The average molecular weight is 480 g/mol. The molecule has 3 aromatic rings. The number of ether oxygens (including phenoxy) is 1. The van der Waals surface area contributed by atoms with Crippen LogP contribution in [-0.4, -0.2) is 40.7 Å². The van der Waals surface area contributed by atoms with E-state index in [9.17, 15) is 14.4 Å². The van der Waals surface area contributed by atoms with Crippen molar-refractivity contribution in [3.05, 3.63) is 75.7 Å². The largest absolute Gasteiger partial charge is 0.476 e. The summed E-state index contributed by atoms with van der Waals surface area (Å²) in [6.07, 6.45) is -0.535. The fraction of sp³-hybridized carbons (Fsp3) is 0.280. The number of hydrogen-bond donors (Lipinski definition) is 3. The molecule has 9 heteroatoms. The van der Waals surface area contributed by atoms with Crippen LogP contribution in [0.4, 0.5) is 4.79 Å². The number of carboxylic acid groups (broad SMARTS) is 1. The van der Waals surface area contributed by atoms with Gasteiger partial charge in [0.05, 0.1) is 6.04 Å². The number of thiazole rings is 1. The van der Waals surface area contributed by atoms with Gasteiger partial charge in [-0.15, -0.1) is 11.3 Å². The summed E-state index contributed by atoms with van der Waals surface area (Å²) in [4.78, 5) is 39.7. The van der Waals surface area contributed by atoms with Gasteiger partial charge in [0.1, 0.15) is 11.6 Å². The number of carboxylic acids is 1. The standard InChI is InChI=1S/C25H25N3O5S/c1-14(11-22(29)27-15(2)23-28-21(13-34-23)24(30)31)26-25(32)33-12-20-18-9-5-3-7-16(18)17-8-4-6-10-19(17)20/h3-10,13-15,20H,11-12H2,1-2H3,(H,26,32)(H,27,29)(H,30,31)/t14-,15?/m1/s1. The second kappa shape index (κ2) is 10.0. The highest BCUT2D eigenvalue weighted by atomic mass is 32.1. The van der Waals surface area contributed by atoms with E-state index < -0.39 is 24.1 Å². The third-order valence-electron chi connectivity index (χ3n) is 5.69. The first-order chi connectivity index (χ1) is 16.3. The van der Waals surface area contributed by atoms with Crippen LogP contribution in [-0.2, 0) is 9.53 Å². The third kappa shape index (κ3) is 5.09. The number of alkyl carbamates (subject to hydrolysis) is 1. The van der Waals surface area contributed by atoms with Crippen molar-refractivity contribution in [1.82, 2.24) is 15.6 Å². The topological polar surface area (TPSA) is 118 Å². The lowest BCUT2D eigenvalue weighted by Gasteiger charge is -2.18. The van der Waals surface area contributed by atoms with Crippen LogP contribution in [0, 0.1) is 0 Å². The Labute approximate surface area is 201 Å². The zero-order chi connectivity index (χ0) is 24.2. The number of aromatic carboxylic acids is 1. The van der Waals surface area contributed by atoms with Crippen LogP contribution >= 0.6 is 11.3 Å². The number of hydrogen-bond acceptors (Lipinski definition) is 6. The molecule has 0 saturated carbocycles. The maximum absolute atomic E-state index is 12.4. The number of amides is 2. The number of carbonyl (C=O) groups excluding carboxylic acids is 2. The molecule has 0 radical (unpaired) electrons. The fourth-order valence-corrected chi connectivity index (χ4v) is 4.92. The quantitative estimate of drug-likeness (QED) is 0.443. The molecule has 2 amide bonds. The minimum absolute atomic E-state index is 0.0356. The average Bonchev–Trinajstić information content (AvgIpc) is 3.41. The molecule has 8 nitrogen and oxygen atoms in total. The molecule has 3 N–H and O–H groups in total. The molecular weight excluding hydrogens is 454 g/mol. The Kier molecular flexibility index (Phi) is 6.93. The first-order valence-electron chi connectivity index (χ1n) is 10.9. The predicted octanol–water partition coefficient (Wildman–Crippen LogP) is 4.34. The lowest BCUT2D eigenvalue weighted by Crippen LogP contribution is -2.38. The van der Waals surface area contributed by atoms with Crippen LogP contribution in [0.2, 0.25) is 0 Å². The molecule has 1 aliphatic rings. The number of benzene rings is 2. The zero-order valence-corrected chi connectivity index (χ0v) is 19.6. The molecule has 1 heterocycles. The molecule has 34 heavy (non-hydrogen) atoms. The molecule has 4 rings (SSSR count). The van der Waals surface area contributed by atoms with Gasteiger partial charge in [-0.05, 0) is 36.1 Å². The van der Waals surface area contributed by atoms with Gasteiger partial charge in [-0.1, -0.05) is 48.5 Å². The Bertz CT molecular complexity index is 1180. The van der Waals surface area contributed by atoms with Gasteiger partial charge in [-0.2, -0.15) is 0 Å². The van der Waals surface area contributed by atoms with Crippen LogP contribution in [0.3, 0.4) is 0 Å². The second-order valence-corrected chi connectivity index (χ2v) is 9.13. The minimum atomic E-state index is -1.11. The van der Waals surface area contributed by atoms with E-state index in [-0.39, 0.29) is 30.5 Å². The normalized spacial score (nSPS) is 13.9. The summed E-state index contributed by atoms with van der Waals surface area (Å²) in [5, 5.41) is 16.4. The number of carbonyl (C=O) groups is 3. The van der Waals surface area contributed by atoms with Crippen molar-refractivity contribution in [2.45, 2.75) is 38.3 Å². The smallest absolute Gasteiger partial charge is 0.407 e. The van der Waals surface area contributed by atoms with Crippen LogP contribution in [0.15, 0.2) is 53.9 Å². The summed E-state index contributed by atoms with van der Waals surface area (Å²) < 4.78 is 5.52. The molecular formula is C25H25N3O5S. The SMILES string of the molecule is CC(NC(=O)C[C@@H](C)NC(=O)OCC1c2ccccc2-c2ccccc21)c1nc(C(=O)O)cs1. The molecule has 0 aliphatic heterocycles. The van der Waals surface area contributed by atoms with E-state index in [1.54, 1.807) is 13.8 Å². The van der Waals surface area contributed by atoms with Gasteiger partial charge in [0.2, 0.25) is 5.91 Å². The van der Waals surface area contributed by atoms with Crippen molar-refractivity contribution in [3.63, 3.8) is 0 Å². The van der Waals surface area contributed by atoms with E-state index in [0.29, 0.717) is 5.01 Å². The zero-order valence-electron chi connectivity index (χ0n) is 18.8.